The van der Waals surface area contributed by atoms with Gasteiger partial charge in [0.2, 0.25) is 5.91 Å². The first-order valence-electron chi connectivity index (χ1n) is 9.33. The van der Waals surface area contributed by atoms with Gasteiger partial charge < -0.3 is 9.47 Å². The van der Waals surface area contributed by atoms with Crippen LogP contribution in [0.1, 0.15) is 29.9 Å². The minimum absolute atomic E-state index is 0.0218. The van der Waals surface area contributed by atoms with E-state index in [2.05, 4.69) is 0 Å². The number of benzene rings is 2. The van der Waals surface area contributed by atoms with Crippen LogP contribution < -0.4 is 9.47 Å². The molecule has 0 N–H and O–H groups in total. The molecule has 2 aromatic carbocycles. The van der Waals surface area contributed by atoms with E-state index in [1.54, 1.807) is 6.07 Å². The molecular weight excluding hydrogens is 412 g/mol. The van der Waals surface area contributed by atoms with Crippen LogP contribution in [0.2, 0.25) is 0 Å². The molecule has 0 spiro atoms. The van der Waals surface area contributed by atoms with Crippen molar-refractivity contribution in [3.8, 4) is 11.5 Å². The number of sulfonamides is 1. The molecule has 0 unspecified atom stereocenters. The third-order valence-corrected chi connectivity index (χ3v) is 7.60. The molecule has 4 rings (SSSR count). The van der Waals surface area contributed by atoms with Crippen LogP contribution in [0, 0.1) is 10.1 Å². The number of nitro benzene ring substituents is 1. The van der Waals surface area contributed by atoms with Crippen LogP contribution >= 0.6 is 0 Å². The number of nitrogens with zero attached hydrogens (tertiary/aromatic N) is 2. The molecule has 0 radical (unpaired) electrons. The number of para-hydroxylation sites is 1. The minimum Gasteiger partial charge on any atom is -0.497 e. The fraction of sp³-hybridized carbons (Fsp3) is 0.350. The van der Waals surface area contributed by atoms with Crippen molar-refractivity contribution in [2.24, 2.45) is 0 Å². The summed E-state index contributed by atoms with van der Waals surface area (Å²) in [4.78, 5) is 23.1. The van der Waals surface area contributed by atoms with Gasteiger partial charge in [-0.1, -0.05) is 12.1 Å². The van der Waals surface area contributed by atoms with Gasteiger partial charge in [0.1, 0.15) is 11.5 Å². The van der Waals surface area contributed by atoms with E-state index in [4.69, 9.17) is 9.47 Å². The first-order valence-corrected chi connectivity index (χ1v) is 10.8. The second kappa shape index (κ2) is 7.28. The molecule has 1 heterocycles. The van der Waals surface area contributed by atoms with Crippen molar-refractivity contribution in [2.75, 3.05) is 14.2 Å². The van der Waals surface area contributed by atoms with Crippen molar-refractivity contribution in [3.05, 3.63) is 57.6 Å². The Bertz CT molecular complexity index is 1150. The Morgan fingerprint density at radius 1 is 1.13 bits per heavy atom. The summed E-state index contributed by atoms with van der Waals surface area (Å²) in [6.07, 6.45) is 0.693. The van der Waals surface area contributed by atoms with Crippen molar-refractivity contribution < 1.29 is 27.6 Å². The van der Waals surface area contributed by atoms with Gasteiger partial charge in [-0.3, -0.25) is 14.9 Å². The standard InChI is InChI=1S/C20H20N2O7S/c1-28-15-9-12-7-14-8-13(20(12)17(11-15)29-2)10-19(23)21(14)30(26,27)18-6-4-3-5-16(18)22(24)25/h3-6,9,11,13-14H,7-8,10H2,1-2H3/t13-,14+/m0/s1. The van der Waals surface area contributed by atoms with E-state index in [9.17, 15) is 23.3 Å². The van der Waals surface area contributed by atoms with Crippen LogP contribution in [0.15, 0.2) is 41.3 Å². The lowest BCUT2D eigenvalue weighted by atomic mass is 9.75. The fourth-order valence-corrected chi connectivity index (χ4v) is 6.25. The number of carbonyl (C=O) groups is 1. The molecule has 2 aliphatic rings. The van der Waals surface area contributed by atoms with Gasteiger partial charge in [-0.2, -0.15) is 0 Å². The summed E-state index contributed by atoms with van der Waals surface area (Å²) < 4.78 is 38.3. The highest BCUT2D eigenvalue weighted by atomic mass is 32.2. The molecule has 10 heteroatoms. The van der Waals surface area contributed by atoms with Gasteiger partial charge in [-0.15, -0.1) is 0 Å². The molecule has 2 atom stereocenters. The lowest BCUT2D eigenvalue weighted by Gasteiger charge is -2.43. The van der Waals surface area contributed by atoms with Crippen LogP contribution in [0.25, 0.3) is 0 Å². The number of methoxy groups -OCH3 is 2. The van der Waals surface area contributed by atoms with Crippen molar-refractivity contribution in [1.29, 1.82) is 0 Å². The van der Waals surface area contributed by atoms with Crippen LogP contribution in [0.4, 0.5) is 5.69 Å². The summed E-state index contributed by atoms with van der Waals surface area (Å²) in [7, 11) is -1.33. The zero-order chi connectivity index (χ0) is 21.6. The Morgan fingerprint density at radius 3 is 2.53 bits per heavy atom. The van der Waals surface area contributed by atoms with Gasteiger partial charge in [0.05, 0.1) is 25.2 Å². The smallest absolute Gasteiger partial charge is 0.289 e. The van der Waals surface area contributed by atoms with Crippen molar-refractivity contribution in [3.63, 3.8) is 0 Å². The molecule has 9 nitrogen and oxygen atoms in total. The predicted molar refractivity (Wildman–Crippen MR) is 106 cm³/mol. The Kier molecular flexibility index (Phi) is 4.89. The monoisotopic (exact) mass is 432 g/mol. The molecule has 2 bridgehead atoms. The molecule has 1 aliphatic carbocycles. The second-order valence-electron chi connectivity index (χ2n) is 7.32. The topological polar surface area (TPSA) is 116 Å². The summed E-state index contributed by atoms with van der Waals surface area (Å²) in [6, 6.07) is 8.02. The lowest BCUT2D eigenvalue weighted by molar-refractivity contribution is -0.387. The zero-order valence-electron chi connectivity index (χ0n) is 16.4. The highest BCUT2D eigenvalue weighted by Gasteiger charge is 2.47. The van der Waals surface area contributed by atoms with E-state index in [-0.39, 0.29) is 18.8 Å². The molecule has 158 valence electrons. The van der Waals surface area contributed by atoms with Crippen molar-refractivity contribution in [1.82, 2.24) is 4.31 Å². The first kappa shape index (κ1) is 20.1. The SMILES string of the molecule is COc1cc2c(c(OC)c1)[C@@H]1CC(=O)N(S(=O)(=O)c3ccccc3[N+](=O)[O-])[C@H](C2)C1. The zero-order valence-corrected chi connectivity index (χ0v) is 17.2. The normalized spacial score (nSPS) is 20.5. The van der Waals surface area contributed by atoms with E-state index in [1.807, 2.05) is 6.07 Å². The molecule has 1 saturated heterocycles. The molecule has 2 aromatic rings. The third-order valence-electron chi connectivity index (χ3n) is 5.67. The van der Waals surface area contributed by atoms with Crippen LogP contribution in [0.5, 0.6) is 11.5 Å². The van der Waals surface area contributed by atoms with Crippen LogP contribution in [-0.2, 0) is 21.2 Å². The predicted octanol–water partition coefficient (Wildman–Crippen LogP) is 2.63. The van der Waals surface area contributed by atoms with Gasteiger partial charge in [-0.25, -0.2) is 12.7 Å². The van der Waals surface area contributed by atoms with E-state index in [0.717, 1.165) is 27.6 Å². The Morgan fingerprint density at radius 2 is 1.87 bits per heavy atom. The molecule has 30 heavy (non-hydrogen) atoms. The number of amides is 1. The average Bonchev–Trinajstić information content (AvgIpc) is 2.72. The highest BCUT2D eigenvalue weighted by molar-refractivity contribution is 7.89. The summed E-state index contributed by atoms with van der Waals surface area (Å²) in [5, 5.41) is 11.4. The minimum atomic E-state index is -4.39. The number of piperidine rings is 1. The summed E-state index contributed by atoms with van der Waals surface area (Å²) in [6.45, 7) is 0. The van der Waals surface area contributed by atoms with Gasteiger partial charge in [0, 0.05) is 24.1 Å². The quantitative estimate of drug-likeness (QED) is 0.527. The van der Waals surface area contributed by atoms with Crippen LogP contribution in [-0.4, -0.2) is 43.8 Å². The number of hydrogen-bond donors (Lipinski definition) is 0. The second-order valence-corrected chi connectivity index (χ2v) is 9.10. The maximum Gasteiger partial charge on any atom is 0.289 e. The molecular formula is C20H20N2O7S. The number of nitro groups is 1. The van der Waals surface area contributed by atoms with Gasteiger partial charge >= 0.3 is 0 Å². The van der Waals surface area contributed by atoms with Crippen molar-refractivity contribution >= 4 is 21.6 Å². The first-order chi connectivity index (χ1) is 14.3. The highest BCUT2D eigenvalue weighted by Crippen LogP contribution is 2.47. The average molecular weight is 432 g/mol. The van der Waals surface area contributed by atoms with E-state index < -0.39 is 37.5 Å². The van der Waals surface area contributed by atoms with E-state index in [1.165, 1.54) is 26.4 Å². The molecule has 0 saturated carbocycles. The Balaban J connectivity index is 1.80. The van der Waals surface area contributed by atoms with Gasteiger partial charge in [-0.05, 0) is 36.5 Å². The molecule has 1 fully saturated rings. The van der Waals surface area contributed by atoms with E-state index >= 15 is 0 Å². The Hall–Kier alpha value is -3.14. The number of hydrogen-bond acceptors (Lipinski definition) is 7. The fourth-order valence-electron chi connectivity index (χ4n) is 4.49. The maximum atomic E-state index is 13.3. The van der Waals surface area contributed by atoms with Gasteiger partial charge in [0.25, 0.3) is 15.7 Å². The largest absolute Gasteiger partial charge is 0.497 e. The number of fused-ring (bicyclic) bond motifs is 4. The van der Waals surface area contributed by atoms with E-state index in [0.29, 0.717) is 17.9 Å². The maximum absolute atomic E-state index is 13.3. The molecule has 1 aliphatic heterocycles. The summed E-state index contributed by atoms with van der Waals surface area (Å²) >= 11 is 0. The Labute approximate surface area is 173 Å². The van der Waals surface area contributed by atoms with Crippen LogP contribution in [0.3, 0.4) is 0 Å². The summed E-state index contributed by atoms with van der Waals surface area (Å²) in [5.41, 5.74) is 1.19. The summed E-state index contributed by atoms with van der Waals surface area (Å²) in [5.74, 6) is 0.419. The van der Waals surface area contributed by atoms with Gasteiger partial charge in [0.15, 0.2) is 4.90 Å². The number of ether oxygens (including phenoxy) is 2. The number of carbonyl (C=O) groups excluding carboxylic acids is 1. The molecule has 1 amide bonds. The number of rotatable bonds is 5. The lowest BCUT2D eigenvalue weighted by Crippen LogP contribution is -2.52. The third kappa shape index (κ3) is 3.07. The molecule has 0 aromatic heterocycles. The van der Waals surface area contributed by atoms with Crippen molar-refractivity contribution in [2.45, 2.75) is 36.1 Å².